The average molecular weight is 367 g/mol. The van der Waals surface area contributed by atoms with Crippen molar-refractivity contribution in [2.75, 3.05) is 19.7 Å². The van der Waals surface area contributed by atoms with E-state index in [1.165, 1.54) is 11.6 Å². The standard InChI is InChI=1S/C20H22FN5O/c1-14-15(11-24-25(14)2)12-26-9-10-27-18(13-26)20-19(22-7-8-23-20)16-5-3-4-6-17(16)21/h3-8,11,18H,9-10,12-13H2,1-2H3/t18-/m0/s1. The van der Waals surface area contributed by atoms with Crippen molar-refractivity contribution in [1.29, 1.82) is 0 Å². The predicted octanol–water partition coefficient (Wildman–Crippen LogP) is 2.90. The number of ether oxygens (including phenoxy) is 1. The van der Waals surface area contributed by atoms with Gasteiger partial charge in [0.1, 0.15) is 11.9 Å². The molecule has 0 unspecified atom stereocenters. The zero-order chi connectivity index (χ0) is 18.8. The lowest BCUT2D eigenvalue weighted by Crippen LogP contribution is -2.38. The van der Waals surface area contributed by atoms with Gasteiger partial charge >= 0.3 is 0 Å². The molecule has 27 heavy (non-hydrogen) atoms. The van der Waals surface area contributed by atoms with Crippen molar-refractivity contribution in [3.8, 4) is 11.3 Å². The molecule has 0 radical (unpaired) electrons. The summed E-state index contributed by atoms with van der Waals surface area (Å²) in [6, 6.07) is 6.63. The minimum Gasteiger partial charge on any atom is -0.369 e. The molecule has 6 nitrogen and oxygen atoms in total. The molecule has 1 atom stereocenters. The molecule has 7 heteroatoms. The van der Waals surface area contributed by atoms with Crippen LogP contribution >= 0.6 is 0 Å². The van der Waals surface area contributed by atoms with Crippen LogP contribution in [0.5, 0.6) is 0 Å². The van der Waals surface area contributed by atoms with E-state index in [1.54, 1.807) is 30.6 Å². The fourth-order valence-electron chi connectivity index (χ4n) is 3.40. The lowest BCUT2D eigenvalue weighted by Gasteiger charge is -2.33. The molecule has 1 aromatic carbocycles. The third-order valence-corrected chi connectivity index (χ3v) is 5.04. The minimum atomic E-state index is -0.307. The second-order valence-electron chi connectivity index (χ2n) is 6.74. The fourth-order valence-corrected chi connectivity index (χ4v) is 3.40. The van der Waals surface area contributed by atoms with Gasteiger partial charge in [-0.2, -0.15) is 5.10 Å². The number of nitrogens with zero attached hydrogens (tertiary/aromatic N) is 5. The number of hydrogen-bond donors (Lipinski definition) is 0. The Bertz CT molecular complexity index is 942. The Kier molecular flexibility index (Phi) is 4.96. The van der Waals surface area contributed by atoms with Gasteiger partial charge in [-0.1, -0.05) is 12.1 Å². The Morgan fingerprint density at radius 1 is 1.22 bits per heavy atom. The summed E-state index contributed by atoms with van der Waals surface area (Å²) in [5.41, 5.74) is 4.02. The monoisotopic (exact) mass is 367 g/mol. The lowest BCUT2D eigenvalue weighted by molar-refractivity contribution is -0.0349. The molecule has 2 aromatic heterocycles. The van der Waals surface area contributed by atoms with Crippen LogP contribution in [0, 0.1) is 12.7 Å². The molecule has 1 fully saturated rings. The number of aromatic nitrogens is 4. The van der Waals surface area contributed by atoms with E-state index in [1.807, 2.05) is 17.9 Å². The smallest absolute Gasteiger partial charge is 0.132 e. The van der Waals surface area contributed by atoms with Gasteiger partial charge in [0.05, 0.1) is 24.2 Å². The van der Waals surface area contributed by atoms with Crippen LogP contribution in [0.25, 0.3) is 11.3 Å². The van der Waals surface area contributed by atoms with E-state index < -0.39 is 0 Å². The first-order valence-corrected chi connectivity index (χ1v) is 9.00. The third kappa shape index (κ3) is 3.61. The molecule has 1 saturated heterocycles. The fraction of sp³-hybridized carbons (Fsp3) is 0.350. The molecule has 3 heterocycles. The molecule has 140 valence electrons. The molecule has 0 spiro atoms. The van der Waals surface area contributed by atoms with E-state index in [0.29, 0.717) is 30.1 Å². The summed E-state index contributed by atoms with van der Waals surface area (Å²) >= 11 is 0. The van der Waals surface area contributed by atoms with E-state index in [4.69, 9.17) is 4.74 Å². The van der Waals surface area contributed by atoms with Crippen LogP contribution < -0.4 is 0 Å². The van der Waals surface area contributed by atoms with Gasteiger partial charge in [0.2, 0.25) is 0 Å². The molecule has 1 aliphatic rings. The van der Waals surface area contributed by atoms with Gasteiger partial charge in [0, 0.05) is 55.9 Å². The molecule has 3 aromatic rings. The van der Waals surface area contributed by atoms with Crippen LogP contribution in [0.4, 0.5) is 4.39 Å². The molecule has 1 aliphatic heterocycles. The lowest BCUT2D eigenvalue weighted by atomic mass is 10.0. The maximum atomic E-state index is 14.3. The van der Waals surface area contributed by atoms with Crippen LogP contribution in [0.15, 0.2) is 42.9 Å². The van der Waals surface area contributed by atoms with Crippen LogP contribution in [0.2, 0.25) is 0 Å². The highest BCUT2D eigenvalue weighted by Gasteiger charge is 2.27. The highest BCUT2D eigenvalue weighted by molar-refractivity contribution is 5.62. The molecule has 4 rings (SSSR count). The number of hydrogen-bond acceptors (Lipinski definition) is 5. The number of benzene rings is 1. The first-order chi connectivity index (χ1) is 13.1. The van der Waals surface area contributed by atoms with Crippen molar-refractivity contribution < 1.29 is 9.13 Å². The molecule has 0 bridgehead atoms. The number of morpholine rings is 1. The quantitative estimate of drug-likeness (QED) is 0.710. The third-order valence-electron chi connectivity index (χ3n) is 5.04. The van der Waals surface area contributed by atoms with Gasteiger partial charge < -0.3 is 4.74 Å². The first kappa shape index (κ1) is 17.8. The molecule has 0 N–H and O–H groups in total. The maximum Gasteiger partial charge on any atom is 0.132 e. The topological polar surface area (TPSA) is 56.1 Å². The summed E-state index contributed by atoms with van der Waals surface area (Å²) in [6.45, 7) is 4.97. The van der Waals surface area contributed by atoms with Crippen LogP contribution in [-0.4, -0.2) is 44.3 Å². The van der Waals surface area contributed by atoms with Crippen LogP contribution in [-0.2, 0) is 18.3 Å². The number of aryl methyl sites for hydroxylation is 1. The largest absolute Gasteiger partial charge is 0.369 e. The van der Waals surface area contributed by atoms with E-state index in [0.717, 1.165) is 18.8 Å². The van der Waals surface area contributed by atoms with Crippen molar-refractivity contribution in [2.45, 2.75) is 19.6 Å². The summed E-state index contributed by atoms with van der Waals surface area (Å²) in [6.07, 6.45) is 4.88. The van der Waals surface area contributed by atoms with Crippen molar-refractivity contribution in [3.05, 3.63) is 65.6 Å². The summed E-state index contributed by atoms with van der Waals surface area (Å²) in [5.74, 6) is -0.307. The minimum absolute atomic E-state index is 0.251. The van der Waals surface area contributed by atoms with E-state index in [9.17, 15) is 4.39 Å². The Labute approximate surface area is 157 Å². The summed E-state index contributed by atoms with van der Waals surface area (Å²) in [7, 11) is 1.95. The first-order valence-electron chi connectivity index (χ1n) is 9.00. The summed E-state index contributed by atoms with van der Waals surface area (Å²) in [5, 5.41) is 4.32. The Hall–Kier alpha value is -2.64. The van der Waals surface area contributed by atoms with Gasteiger partial charge in [-0.25, -0.2) is 4.39 Å². The van der Waals surface area contributed by atoms with E-state index >= 15 is 0 Å². The zero-order valence-electron chi connectivity index (χ0n) is 15.5. The summed E-state index contributed by atoms with van der Waals surface area (Å²) < 4.78 is 22.2. The molecule has 0 amide bonds. The van der Waals surface area contributed by atoms with Crippen LogP contribution in [0.1, 0.15) is 23.1 Å². The number of halogens is 1. The van der Waals surface area contributed by atoms with Gasteiger partial charge in [-0.15, -0.1) is 0 Å². The molecular formula is C20H22FN5O. The maximum absolute atomic E-state index is 14.3. The molecular weight excluding hydrogens is 345 g/mol. The highest BCUT2D eigenvalue weighted by Crippen LogP contribution is 2.30. The van der Waals surface area contributed by atoms with Gasteiger partial charge in [-0.05, 0) is 19.1 Å². The average Bonchev–Trinajstić information content (AvgIpc) is 3.01. The van der Waals surface area contributed by atoms with Crippen molar-refractivity contribution in [3.63, 3.8) is 0 Å². The SMILES string of the molecule is Cc1c(CN2CCO[C@H](c3nccnc3-c3ccccc3F)C2)cnn1C. The number of rotatable bonds is 4. The van der Waals surface area contributed by atoms with Crippen molar-refractivity contribution >= 4 is 0 Å². The summed E-state index contributed by atoms with van der Waals surface area (Å²) in [4.78, 5) is 11.2. The van der Waals surface area contributed by atoms with Gasteiger partial charge in [0.25, 0.3) is 0 Å². The highest BCUT2D eigenvalue weighted by atomic mass is 19.1. The second-order valence-corrected chi connectivity index (χ2v) is 6.74. The normalized spacial score (nSPS) is 18.0. The molecule has 0 saturated carbocycles. The predicted molar refractivity (Wildman–Crippen MR) is 99.3 cm³/mol. The second kappa shape index (κ2) is 7.54. The van der Waals surface area contributed by atoms with Crippen LogP contribution in [0.3, 0.4) is 0 Å². The van der Waals surface area contributed by atoms with E-state index in [2.05, 4.69) is 26.9 Å². The Morgan fingerprint density at radius 3 is 2.81 bits per heavy atom. The molecule has 0 aliphatic carbocycles. The van der Waals surface area contributed by atoms with Crippen molar-refractivity contribution in [1.82, 2.24) is 24.6 Å². The van der Waals surface area contributed by atoms with Gasteiger partial charge in [0.15, 0.2) is 0 Å². The Balaban J connectivity index is 1.59. The Morgan fingerprint density at radius 2 is 2.04 bits per heavy atom. The van der Waals surface area contributed by atoms with Gasteiger partial charge in [-0.3, -0.25) is 19.5 Å². The van der Waals surface area contributed by atoms with Crippen molar-refractivity contribution in [2.24, 2.45) is 7.05 Å². The zero-order valence-corrected chi connectivity index (χ0v) is 15.5. The van der Waals surface area contributed by atoms with E-state index in [-0.39, 0.29) is 11.9 Å².